The van der Waals surface area contributed by atoms with Gasteiger partial charge in [0.2, 0.25) is 0 Å². The van der Waals surface area contributed by atoms with E-state index in [1.165, 1.54) is 0 Å². The third kappa shape index (κ3) is 2.61. The Bertz CT molecular complexity index is 1030. The van der Waals surface area contributed by atoms with Gasteiger partial charge in [-0.2, -0.15) is 5.10 Å². The maximum absolute atomic E-state index is 12.7. The van der Waals surface area contributed by atoms with Crippen LogP contribution in [0.15, 0.2) is 65.0 Å². The third-order valence-electron chi connectivity index (χ3n) is 3.89. The number of fused-ring (bicyclic) bond motifs is 1. The minimum absolute atomic E-state index is 0.0522. The smallest absolute Gasteiger partial charge is 0.276 e. The predicted molar refractivity (Wildman–Crippen MR) is 94.9 cm³/mol. The molecule has 0 aliphatic rings. The number of nitrogens with zero attached hydrogens (tertiary/aromatic N) is 3. The molecule has 0 atom stereocenters. The zero-order valence-corrected chi connectivity index (χ0v) is 13.9. The summed E-state index contributed by atoms with van der Waals surface area (Å²) in [6, 6.07) is 13.5. The molecule has 0 saturated carbocycles. The molecule has 24 heavy (non-hydrogen) atoms. The summed E-state index contributed by atoms with van der Waals surface area (Å²) in [5.41, 5.74) is 2.39. The number of ether oxygens (including phenoxy) is 1. The minimum atomic E-state index is -0.0522. The van der Waals surface area contributed by atoms with Gasteiger partial charge in [0, 0.05) is 12.4 Å². The molecule has 1 aromatic carbocycles. The van der Waals surface area contributed by atoms with Crippen LogP contribution in [0, 0.1) is 0 Å². The van der Waals surface area contributed by atoms with E-state index >= 15 is 0 Å². The van der Waals surface area contributed by atoms with Gasteiger partial charge in [0.15, 0.2) is 0 Å². The highest BCUT2D eigenvalue weighted by Crippen LogP contribution is 2.23. The lowest BCUT2D eigenvalue weighted by atomic mass is 10.2. The summed E-state index contributed by atoms with van der Waals surface area (Å²) in [7, 11) is 1.64. The number of aromatic nitrogens is 3. The second kappa shape index (κ2) is 5.98. The molecule has 0 bridgehead atoms. The van der Waals surface area contributed by atoms with Crippen molar-refractivity contribution in [3.05, 3.63) is 76.2 Å². The van der Waals surface area contributed by atoms with Crippen molar-refractivity contribution < 1.29 is 4.74 Å². The number of hydrogen-bond acceptors (Lipinski definition) is 4. The van der Waals surface area contributed by atoms with E-state index < -0.39 is 0 Å². The van der Waals surface area contributed by atoms with Gasteiger partial charge in [0.1, 0.15) is 17.0 Å². The van der Waals surface area contributed by atoms with Crippen LogP contribution in [0.1, 0.15) is 5.56 Å². The van der Waals surface area contributed by atoms with Gasteiger partial charge in [-0.25, -0.2) is 4.52 Å². The van der Waals surface area contributed by atoms with Gasteiger partial charge in [-0.05, 0) is 35.2 Å². The van der Waals surface area contributed by atoms with Crippen LogP contribution in [0.2, 0.25) is 0 Å². The Balaban J connectivity index is 1.71. The molecule has 6 heteroatoms. The van der Waals surface area contributed by atoms with Crippen molar-refractivity contribution in [3.8, 4) is 16.3 Å². The van der Waals surface area contributed by atoms with Gasteiger partial charge in [0.25, 0.3) is 5.56 Å². The molecular weight excluding hydrogens is 322 g/mol. The molecule has 0 unspecified atom stereocenters. The van der Waals surface area contributed by atoms with Gasteiger partial charge >= 0.3 is 0 Å². The summed E-state index contributed by atoms with van der Waals surface area (Å²) in [5, 5.41) is 6.49. The molecule has 0 aliphatic carbocycles. The van der Waals surface area contributed by atoms with Crippen molar-refractivity contribution >= 4 is 16.9 Å². The van der Waals surface area contributed by atoms with Crippen molar-refractivity contribution in [2.75, 3.05) is 7.11 Å². The summed E-state index contributed by atoms with van der Waals surface area (Å²) < 4.78 is 8.49. The van der Waals surface area contributed by atoms with E-state index in [1.54, 1.807) is 33.7 Å². The van der Waals surface area contributed by atoms with Gasteiger partial charge in [0.05, 0.1) is 18.5 Å². The Morgan fingerprint density at radius 3 is 2.71 bits per heavy atom. The van der Waals surface area contributed by atoms with Crippen molar-refractivity contribution in [2.24, 2.45) is 0 Å². The fourth-order valence-electron chi connectivity index (χ4n) is 2.62. The highest BCUT2D eigenvalue weighted by Gasteiger charge is 2.10. The summed E-state index contributed by atoms with van der Waals surface area (Å²) in [4.78, 5) is 13.8. The second-order valence-electron chi connectivity index (χ2n) is 5.42. The Kier molecular flexibility index (Phi) is 3.66. The molecule has 120 valence electrons. The molecule has 4 aromatic rings. The van der Waals surface area contributed by atoms with Crippen LogP contribution in [-0.4, -0.2) is 21.3 Å². The van der Waals surface area contributed by atoms with E-state index in [2.05, 4.69) is 5.10 Å². The number of hydrogen-bond donors (Lipinski definition) is 0. The lowest BCUT2D eigenvalue weighted by molar-refractivity contribution is 0.414. The van der Waals surface area contributed by atoms with Crippen LogP contribution >= 0.6 is 11.3 Å². The van der Waals surface area contributed by atoms with E-state index in [0.29, 0.717) is 12.1 Å². The number of rotatable bonds is 4. The average Bonchev–Trinajstić information content (AvgIpc) is 3.27. The van der Waals surface area contributed by atoms with Crippen molar-refractivity contribution in [2.45, 2.75) is 6.54 Å². The molecule has 0 saturated heterocycles. The van der Waals surface area contributed by atoms with Crippen molar-refractivity contribution in [1.82, 2.24) is 14.2 Å². The van der Waals surface area contributed by atoms with Gasteiger partial charge in [-0.1, -0.05) is 18.2 Å². The zero-order valence-electron chi connectivity index (χ0n) is 13.0. The summed E-state index contributed by atoms with van der Waals surface area (Å²) in [6.07, 6.45) is 3.59. The van der Waals surface area contributed by atoms with Crippen molar-refractivity contribution in [1.29, 1.82) is 0 Å². The predicted octanol–water partition coefficient (Wildman–Crippen LogP) is 3.28. The number of methoxy groups -OCH3 is 1. The topological polar surface area (TPSA) is 48.5 Å². The molecule has 0 fully saturated rings. The number of benzene rings is 1. The minimum Gasteiger partial charge on any atom is -0.497 e. The van der Waals surface area contributed by atoms with Crippen LogP contribution in [0.25, 0.3) is 16.1 Å². The molecule has 0 aliphatic heterocycles. The first kappa shape index (κ1) is 14.7. The molecule has 5 nitrogen and oxygen atoms in total. The summed E-state index contributed by atoms with van der Waals surface area (Å²) in [6.45, 7) is 0.513. The fraction of sp³-hybridized carbons (Fsp3) is 0.111. The SMILES string of the molecule is COc1ccc(Cn2ccn3nc(-c4cccs4)cc3c2=O)cc1. The quantitative estimate of drug-likeness (QED) is 0.574. The molecule has 0 radical (unpaired) electrons. The highest BCUT2D eigenvalue weighted by molar-refractivity contribution is 7.13. The first-order valence-electron chi connectivity index (χ1n) is 7.50. The summed E-state index contributed by atoms with van der Waals surface area (Å²) >= 11 is 1.61. The summed E-state index contributed by atoms with van der Waals surface area (Å²) in [5.74, 6) is 0.804. The zero-order chi connectivity index (χ0) is 16.5. The highest BCUT2D eigenvalue weighted by atomic mass is 32.1. The van der Waals surface area contributed by atoms with E-state index in [4.69, 9.17) is 4.74 Å². The number of thiophene rings is 1. The van der Waals surface area contributed by atoms with Gasteiger partial charge in [-0.3, -0.25) is 4.79 Å². The molecule has 0 N–H and O–H groups in total. The molecule has 0 spiro atoms. The van der Waals surface area contributed by atoms with Gasteiger partial charge < -0.3 is 9.30 Å². The Morgan fingerprint density at radius 2 is 2.00 bits per heavy atom. The van der Waals surface area contributed by atoms with E-state index in [1.807, 2.05) is 54.0 Å². The maximum Gasteiger partial charge on any atom is 0.276 e. The first-order chi connectivity index (χ1) is 11.7. The standard InChI is InChI=1S/C18H15N3O2S/c1-23-14-6-4-13(5-7-14)12-20-8-9-21-16(18(20)22)11-15(19-21)17-3-2-10-24-17/h2-11H,12H2,1H3. The lowest BCUT2D eigenvalue weighted by Gasteiger charge is -2.07. The Hall–Kier alpha value is -2.86. The average molecular weight is 337 g/mol. The second-order valence-corrected chi connectivity index (χ2v) is 6.36. The van der Waals surface area contributed by atoms with Crippen LogP contribution in [0.4, 0.5) is 0 Å². The normalized spacial score (nSPS) is 11.0. The fourth-order valence-corrected chi connectivity index (χ4v) is 3.30. The van der Waals surface area contributed by atoms with E-state index in [0.717, 1.165) is 21.9 Å². The van der Waals surface area contributed by atoms with Crippen molar-refractivity contribution in [3.63, 3.8) is 0 Å². The maximum atomic E-state index is 12.7. The third-order valence-corrected chi connectivity index (χ3v) is 4.78. The molecule has 3 aromatic heterocycles. The molecular formula is C18H15N3O2S. The van der Waals surface area contributed by atoms with Gasteiger partial charge in [-0.15, -0.1) is 11.3 Å². The Morgan fingerprint density at radius 1 is 1.17 bits per heavy atom. The largest absolute Gasteiger partial charge is 0.497 e. The van der Waals surface area contributed by atoms with Crippen LogP contribution in [0.5, 0.6) is 5.75 Å². The monoisotopic (exact) mass is 337 g/mol. The van der Waals surface area contributed by atoms with E-state index in [9.17, 15) is 4.79 Å². The molecule has 0 amide bonds. The molecule has 3 heterocycles. The molecule has 4 rings (SSSR count). The van der Waals surface area contributed by atoms with E-state index in [-0.39, 0.29) is 5.56 Å². The lowest BCUT2D eigenvalue weighted by Crippen LogP contribution is -2.21. The van der Waals surface area contributed by atoms with Crippen LogP contribution in [0.3, 0.4) is 0 Å². The van der Waals surface area contributed by atoms with Crippen LogP contribution < -0.4 is 10.3 Å². The first-order valence-corrected chi connectivity index (χ1v) is 8.38. The van der Waals surface area contributed by atoms with Crippen LogP contribution in [-0.2, 0) is 6.54 Å². The Labute approximate surface area is 142 Å².